The molecule has 0 radical (unpaired) electrons. The minimum Gasteiger partial charge on any atom is -0.399 e. The van der Waals surface area contributed by atoms with Crippen LogP contribution < -0.4 is 5.73 Å². The smallest absolute Gasteiger partial charge is 0.155 e. The van der Waals surface area contributed by atoms with Gasteiger partial charge in [0.1, 0.15) is 5.82 Å². The zero-order valence-electron chi connectivity index (χ0n) is 11.4. The second kappa shape index (κ2) is 5.97. The lowest BCUT2D eigenvalue weighted by Gasteiger charge is -2.00. The van der Waals surface area contributed by atoms with Gasteiger partial charge in [0, 0.05) is 23.6 Å². The Balaban J connectivity index is 1.72. The highest BCUT2D eigenvalue weighted by atomic mass is 35.5. The van der Waals surface area contributed by atoms with Crippen LogP contribution in [0.3, 0.4) is 0 Å². The molecule has 0 spiro atoms. The maximum Gasteiger partial charge on any atom is 0.155 e. The van der Waals surface area contributed by atoms with Gasteiger partial charge < -0.3 is 5.73 Å². The van der Waals surface area contributed by atoms with E-state index in [1.165, 1.54) is 0 Å². The van der Waals surface area contributed by atoms with Crippen LogP contribution in [0.15, 0.2) is 48.5 Å². The van der Waals surface area contributed by atoms with Gasteiger partial charge >= 0.3 is 0 Å². The number of hydrogen-bond donors (Lipinski definition) is 2. The fourth-order valence-corrected chi connectivity index (χ4v) is 2.34. The van der Waals surface area contributed by atoms with E-state index in [1.807, 2.05) is 48.5 Å². The third kappa shape index (κ3) is 3.41. The average Bonchev–Trinajstić information content (AvgIpc) is 2.91. The molecule has 0 unspecified atom stereocenters. The van der Waals surface area contributed by atoms with Crippen molar-refractivity contribution in [2.75, 3.05) is 5.73 Å². The van der Waals surface area contributed by atoms with Crippen molar-refractivity contribution in [1.82, 2.24) is 15.2 Å². The predicted molar refractivity (Wildman–Crippen MR) is 84.3 cm³/mol. The molecule has 1 heterocycles. The summed E-state index contributed by atoms with van der Waals surface area (Å²) in [6.07, 6.45) is 1.33. The van der Waals surface area contributed by atoms with E-state index < -0.39 is 0 Å². The fraction of sp³-hybridized carbons (Fsp3) is 0.125. The molecule has 3 rings (SSSR count). The van der Waals surface area contributed by atoms with E-state index >= 15 is 0 Å². The third-order valence-corrected chi connectivity index (χ3v) is 3.60. The minimum atomic E-state index is 0.623. The van der Waals surface area contributed by atoms with Crippen LogP contribution in [-0.2, 0) is 12.8 Å². The first-order valence-corrected chi connectivity index (χ1v) is 7.06. The number of aromatic amines is 1. The molecular formula is C16H15ClN4. The van der Waals surface area contributed by atoms with E-state index in [4.69, 9.17) is 17.3 Å². The summed E-state index contributed by atoms with van der Waals surface area (Å²) in [5.41, 5.74) is 8.60. The molecule has 0 bridgehead atoms. The van der Waals surface area contributed by atoms with Crippen molar-refractivity contribution >= 4 is 17.3 Å². The van der Waals surface area contributed by atoms with Crippen molar-refractivity contribution in [3.05, 3.63) is 76.3 Å². The Morgan fingerprint density at radius 3 is 2.52 bits per heavy atom. The van der Waals surface area contributed by atoms with Crippen molar-refractivity contribution in [3.8, 4) is 0 Å². The van der Waals surface area contributed by atoms with Crippen LogP contribution in [0, 0.1) is 0 Å². The van der Waals surface area contributed by atoms with Crippen molar-refractivity contribution < 1.29 is 0 Å². The molecule has 0 saturated heterocycles. The number of anilines is 1. The number of H-pyrrole nitrogens is 1. The molecule has 4 nitrogen and oxygen atoms in total. The highest BCUT2D eigenvalue weighted by molar-refractivity contribution is 6.31. The molecule has 3 N–H and O–H groups in total. The van der Waals surface area contributed by atoms with E-state index in [2.05, 4.69) is 15.2 Å². The first kappa shape index (κ1) is 13.6. The quantitative estimate of drug-likeness (QED) is 0.727. The Labute approximate surface area is 128 Å². The van der Waals surface area contributed by atoms with E-state index in [1.54, 1.807) is 0 Å². The highest BCUT2D eigenvalue weighted by Crippen LogP contribution is 2.17. The van der Waals surface area contributed by atoms with Crippen LogP contribution in [0.2, 0.25) is 5.02 Å². The molecule has 0 atom stereocenters. The molecule has 0 aliphatic carbocycles. The number of benzene rings is 2. The van der Waals surface area contributed by atoms with Gasteiger partial charge in [0.15, 0.2) is 5.82 Å². The first-order valence-electron chi connectivity index (χ1n) is 6.69. The molecular weight excluding hydrogens is 284 g/mol. The number of nitrogens with two attached hydrogens (primary N) is 1. The van der Waals surface area contributed by atoms with Crippen molar-refractivity contribution in [1.29, 1.82) is 0 Å². The molecule has 0 aliphatic heterocycles. The van der Waals surface area contributed by atoms with Gasteiger partial charge in [-0.15, -0.1) is 0 Å². The molecule has 1 aromatic heterocycles. The molecule has 0 saturated carbocycles. The van der Waals surface area contributed by atoms with Gasteiger partial charge in [-0.25, -0.2) is 4.98 Å². The van der Waals surface area contributed by atoms with Gasteiger partial charge in [-0.2, -0.15) is 5.10 Å². The Kier molecular flexibility index (Phi) is 3.88. The summed E-state index contributed by atoms with van der Waals surface area (Å²) in [5.74, 6) is 1.58. The van der Waals surface area contributed by atoms with E-state index in [0.29, 0.717) is 12.8 Å². The van der Waals surface area contributed by atoms with Crippen molar-refractivity contribution in [2.45, 2.75) is 12.8 Å². The third-order valence-electron chi connectivity index (χ3n) is 3.24. The Morgan fingerprint density at radius 1 is 1.00 bits per heavy atom. The summed E-state index contributed by atoms with van der Waals surface area (Å²) in [6.45, 7) is 0. The molecule has 21 heavy (non-hydrogen) atoms. The van der Waals surface area contributed by atoms with Crippen LogP contribution in [0.4, 0.5) is 5.69 Å². The highest BCUT2D eigenvalue weighted by Gasteiger charge is 2.07. The van der Waals surface area contributed by atoms with Gasteiger partial charge in [0.05, 0.1) is 0 Å². The summed E-state index contributed by atoms with van der Waals surface area (Å²) < 4.78 is 0. The number of hydrogen-bond acceptors (Lipinski definition) is 3. The van der Waals surface area contributed by atoms with Crippen molar-refractivity contribution in [2.24, 2.45) is 0 Å². The standard InChI is InChI=1S/C16H15ClN4/c17-14-4-2-1-3-12(14)10-16-19-15(20-21-16)9-11-5-7-13(18)8-6-11/h1-8H,9-10,18H2,(H,19,20,21). The zero-order valence-corrected chi connectivity index (χ0v) is 12.1. The minimum absolute atomic E-state index is 0.623. The monoisotopic (exact) mass is 298 g/mol. The van der Waals surface area contributed by atoms with Crippen molar-refractivity contribution in [3.63, 3.8) is 0 Å². The summed E-state index contributed by atoms with van der Waals surface area (Å²) in [5, 5.41) is 7.96. The number of nitrogens with zero attached hydrogens (tertiary/aromatic N) is 2. The van der Waals surface area contributed by atoms with Gasteiger partial charge in [-0.3, -0.25) is 5.10 Å². The van der Waals surface area contributed by atoms with Gasteiger partial charge in [-0.1, -0.05) is 41.9 Å². The van der Waals surface area contributed by atoms with Gasteiger partial charge in [-0.05, 0) is 29.3 Å². The molecule has 2 aromatic carbocycles. The second-order valence-electron chi connectivity index (χ2n) is 4.88. The number of aromatic nitrogens is 3. The van der Waals surface area contributed by atoms with Crippen LogP contribution in [-0.4, -0.2) is 15.2 Å². The topological polar surface area (TPSA) is 67.6 Å². The maximum atomic E-state index is 6.15. The summed E-state index contributed by atoms with van der Waals surface area (Å²) in [6, 6.07) is 15.5. The first-order chi connectivity index (χ1) is 10.2. The summed E-state index contributed by atoms with van der Waals surface area (Å²) >= 11 is 6.15. The summed E-state index contributed by atoms with van der Waals surface area (Å²) in [7, 11) is 0. The Morgan fingerprint density at radius 2 is 1.76 bits per heavy atom. The molecule has 0 amide bonds. The summed E-state index contributed by atoms with van der Waals surface area (Å²) in [4.78, 5) is 4.51. The Bertz CT molecular complexity index is 734. The lowest BCUT2D eigenvalue weighted by Crippen LogP contribution is -1.94. The largest absolute Gasteiger partial charge is 0.399 e. The van der Waals surface area contributed by atoms with Gasteiger partial charge in [0.25, 0.3) is 0 Å². The molecule has 3 aromatic rings. The molecule has 0 fully saturated rings. The SMILES string of the molecule is Nc1ccc(Cc2nc(Cc3ccccc3Cl)n[nH]2)cc1. The van der Waals surface area contributed by atoms with E-state index in [-0.39, 0.29) is 0 Å². The Hall–Kier alpha value is -2.33. The molecule has 0 aliphatic rings. The molecule has 5 heteroatoms. The number of rotatable bonds is 4. The second-order valence-corrected chi connectivity index (χ2v) is 5.29. The zero-order chi connectivity index (χ0) is 14.7. The van der Waals surface area contributed by atoms with Crippen LogP contribution >= 0.6 is 11.6 Å². The lowest BCUT2D eigenvalue weighted by molar-refractivity contribution is 0.958. The fourth-order valence-electron chi connectivity index (χ4n) is 2.13. The normalized spacial score (nSPS) is 10.7. The molecule has 106 valence electrons. The van der Waals surface area contributed by atoms with Crippen LogP contribution in [0.25, 0.3) is 0 Å². The number of nitrogens with one attached hydrogen (secondary N) is 1. The number of halogens is 1. The maximum absolute atomic E-state index is 6.15. The van der Waals surface area contributed by atoms with E-state index in [0.717, 1.165) is 33.5 Å². The lowest BCUT2D eigenvalue weighted by atomic mass is 10.1. The van der Waals surface area contributed by atoms with Crippen LogP contribution in [0.1, 0.15) is 22.8 Å². The van der Waals surface area contributed by atoms with Gasteiger partial charge in [0.2, 0.25) is 0 Å². The van der Waals surface area contributed by atoms with Crippen LogP contribution in [0.5, 0.6) is 0 Å². The van der Waals surface area contributed by atoms with E-state index in [9.17, 15) is 0 Å². The number of nitrogen functional groups attached to an aromatic ring is 1. The average molecular weight is 299 g/mol. The predicted octanol–water partition coefficient (Wildman–Crippen LogP) is 3.22.